The van der Waals surface area contributed by atoms with Crippen LogP contribution in [0.5, 0.6) is 0 Å². The van der Waals surface area contributed by atoms with Crippen molar-refractivity contribution < 1.29 is 0 Å². The van der Waals surface area contributed by atoms with E-state index in [0.29, 0.717) is 10.0 Å². The van der Waals surface area contributed by atoms with E-state index >= 15 is 0 Å². The minimum atomic E-state index is 0.566. The molecule has 0 aliphatic heterocycles. The Labute approximate surface area is 144 Å². The highest BCUT2D eigenvalue weighted by molar-refractivity contribution is 9.11. The summed E-state index contributed by atoms with van der Waals surface area (Å²) in [4.78, 5) is 0. The van der Waals surface area contributed by atoms with E-state index < -0.39 is 0 Å². The maximum absolute atomic E-state index is 5.92. The lowest BCUT2D eigenvalue weighted by atomic mass is 10.2. The molecule has 0 aromatic heterocycles. The first kappa shape index (κ1) is 15.8. The topological polar surface area (TPSA) is 24.4 Å². The second-order valence-electron chi connectivity index (χ2n) is 4.14. The van der Waals surface area contributed by atoms with Crippen LogP contribution in [0.2, 0.25) is 10.0 Å². The van der Waals surface area contributed by atoms with Gasteiger partial charge in [-0.15, -0.1) is 0 Å². The average Bonchev–Trinajstić information content (AvgIpc) is 2.34. The first-order valence-corrected chi connectivity index (χ1v) is 8.01. The van der Waals surface area contributed by atoms with Crippen molar-refractivity contribution in [2.24, 2.45) is 5.10 Å². The second kappa shape index (κ2) is 6.94. The van der Waals surface area contributed by atoms with Crippen LogP contribution >= 0.6 is 55.1 Å². The summed E-state index contributed by atoms with van der Waals surface area (Å²) in [6.45, 7) is 2.03. The molecule has 0 saturated heterocycles. The monoisotopic (exact) mass is 434 g/mol. The van der Waals surface area contributed by atoms with Gasteiger partial charge < -0.3 is 0 Å². The predicted molar refractivity (Wildman–Crippen MR) is 94.3 cm³/mol. The Balaban J connectivity index is 2.14. The molecule has 2 nitrogen and oxygen atoms in total. The average molecular weight is 437 g/mol. The largest absolute Gasteiger partial charge is 0.278 e. The number of nitrogens with zero attached hydrogens (tertiary/aromatic N) is 1. The maximum atomic E-state index is 5.92. The van der Waals surface area contributed by atoms with Gasteiger partial charge in [0.1, 0.15) is 0 Å². The molecule has 0 radical (unpaired) electrons. The summed E-state index contributed by atoms with van der Waals surface area (Å²) < 4.78 is 2.05. The molecule has 1 N–H and O–H groups in total. The fourth-order valence-electron chi connectivity index (χ4n) is 1.54. The van der Waals surface area contributed by atoms with Crippen LogP contribution in [0.3, 0.4) is 0 Å². The summed E-state index contributed by atoms with van der Waals surface area (Å²) in [5, 5.41) is 5.30. The van der Waals surface area contributed by atoms with Crippen molar-refractivity contribution >= 4 is 67.0 Å². The van der Waals surface area contributed by atoms with Crippen molar-refractivity contribution in [2.45, 2.75) is 6.92 Å². The van der Waals surface area contributed by atoms with Gasteiger partial charge in [0.2, 0.25) is 0 Å². The van der Waals surface area contributed by atoms with Gasteiger partial charge >= 0.3 is 0 Å². The van der Waals surface area contributed by atoms with Gasteiger partial charge in [0.05, 0.1) is 11.9 Å². The summed E-state index contributed by atoms with van der Waals surface area (Å²) in [7, 11) is 0. The van der Waals surface area contributed by atoms with E-state index in [-0.39, 0.29) is 0 Å². The molecule has 6 heteroatoms. The molecule has 0 aliphatic rings. The molecule has 2 aromatic rings. The molecule has 2 aromatic carbocycles. The van der Waals surface area contributed by atoms with Crippen LogP contribution in [0.25, 0.3) is 0 Å². The van der Waals surface area contributed by atoms with Crippen LogP contribution < -0.4 is 5.43 Å². The Morgan fingerprint density at radius 1 is 1.00 bits per heavy atom. The van der Waals surface area contributed by atoms with Gasteiger partial charge in [-0.25, -0.2) is 0 Å². The highest BCUT2D eigenvalue weighted by atomic mass is 79.9. The fraction of sp³-hybridized carbons (Fsp3) is 0.0714. The number of hydrazone groups is 1. The summed E-state index contributed by atoms with van der Waals surface area (Å²) >= 11 is 18.8. The summed E-state index contributed by atoms with van der Waals surface area (Å²) in [6.07, 6.45) is 1.73. The molecule has 104 valence electrons. The Morgan fingerprint density at radius 3 is 2.10 bits per heavy atom. The molecule has 20 heavy (non-hydrogen) atoms. The van der Waals surface area contributed by atoms with Crippen LogP contribution in [0.4, 0.5) is 5.69 Å². The van der Waals surface area contributed by atoms with Crippen LogP contribution in [-0.2, 0) is 0 Å². The SMILES string of the molecule is Cc1c(Br)cc(/C=N\Nc2cc(Cl)cc(Cl)c2)cc1Br. The Kier molecular flexibility index (Phi) is 5.49. The lowest BCUT2D eigenvalue weighted by Crippen LogP contribution is -1.92. The highest BCUT2D eigenvalue weighted by Gasteiger charge is 2.02. The Hall–Kier alpha value is -0.550. The van der Waals surface area contributed by atoms with Gasteiger partial charge in [0, 0.05) is 19.0 Å². The molecule has 0 bridgehead atoms. The first-order valence-electron chi connectivity index (χ1n) is 5.66. The zero-order valence-electron chi connectivity index (χ0n) is 10.4. The molecule has 0 amide bonds. The van der Waals surface area contributed by atoms with E-state index in [1.165, 1.54) is 0 Å². The number of hydrogen-bond donors (Lipinski definition) is 1. The molecule has 0 fully saturated rings. The van der Waals surface area contributed by atoms with Gasteiger partial charge in [-0.1, -0.05) is 55.1 Å². The van der Waals surface area contributed by atoms with Gasteiger partial charge in [-0.2, -0.15) is 5.10 Å². The number of hydrogen-bond acceptors (Lipinski definition) is 2. The second-order valence-corrected chi connectivity index (χ2v) is 6.72. The van der Waals surface area contributed by atoms with E-state index in [9.17, 15) is 0 Å². The lowest BCUT2D eigenvalue weighted by molar-refractivity contribution is 1.34. The van der Waals surface area contributed by atoms with E-state index in [1.807, 2.05) is 19.1 Å². The van der Waals surface area contributed by atoms with Gasteiger partial charge in [-0.3, -0.25) is 5.43 Å². The Morgan fingerprint density at radius 2 is 1.55 bits per heavy atom. The zero-order chi connectivity index (χ0) is 14.7. The molecule has 0 heterocycles. The smallest absolute Gasteiger partial charge is 0.0591 e. The van der Waals surface area contributed by atoms with Crippen LogP contribution in [-0.4, -0.2) is 6.21 Å². The fourth-order valence-corrected chi connectivity index (χ4v) is 3.29. The van der Waals surface area contributed by atoms with Gasteiger partial charge in [0.25, 0.3) is 0 Å². The predicted octanol–water partition coefficient (Wildman–Crippen LogP) is 6.27. The molecular formula is C14H10Br2Cl2N2. The van der Waals surface area contributed by atoms with Gasteiger partial charge in [-0.05, 0) is 48.4 Å². The molecular weight excluding hydrogens is 427 g/mol. The van der Waals surface area contributed by atoms with E-state index in [2.05, 4.69) is 42.4 Å². The maximum Gasteiger partial charge on any atom is 0.0591 e. The van der Waals surface area contributed by atoms with Gasteiger partial charge in [0.15, 0.2) is 0 Å². The van der Waals surface area contributed by atoms with Crippen LogP contribution in [0.15, 0.2) is 44.4 Å². The molecule has 0 unspecified atom stereocenters. The minimum absolute atomic E-state index is 0.566. The third kappa shape index (κ3) is 4.22. The van der Waals surface area contributed by atoms with Crippen molar-refractivity contribution in [3.05, 3.63) is 60.4 Å². The molecule has 0 aliphatic carbocycles. The quantitative estimate of drug-likeness (QED) is 0.445. The van der Waals surface area contributed by atoms with E-state index in [0.717, 1.165) is 25.8 Å². The molecule has 0 spiro atoms. The summed E-state index contributed by atoms with van der Waals surface area (Å²) in [5.74, 6) is 0. The van der Waals surface area contributed by atoms with Crippen LogP contribution in [0, 0.1) is 6.92 Å². The number of halogens is 4. The molecule has 0 saturated carbocycles. The van der Waals surface area contributed by atoms with Crippen molar-refractivity contribution in [3.63, 3.8) is 0 Å². The number of rotatable bonds is 3. The first-order chi connectivity index (χ1) is 9.45. The van der Waals surface area contributed by atoms with Crippen LogP contribution in [0.1, 0.15) is 11.1 Å². The van der Waals surface area contributed by atoms with E-state index in [1.54, 1.807) is 24.4 Å². The van der Waals surface area contributed by atoms with Crippen molar-refractivity contribution in [1.29, 1.82) is 0 Å². The lowest BCUT2D eigenvalue weighted by Gasteiger charge is -2.04. The van der Waals surface area contributed by atoms with Crippen molar-refractivity contribution in [3.8, 4) is 0 Å². The summed E-state index contributed by atoms with van der Waals surface area (Å²) in [5.41, 5.74) is 5.76. The number of nitrogens with one attached hydrogen (secondary N) is 1. The number of anilines is 1. The van der Waals surface area contributed by atoms with E-state index in [4.69, 9.17) is 23.2 Å². The minimum Gasteiger partial charge on any atom is -0.278 e. The normalized spacial score (nSPS) is 11.1. The third-order valence-corrected chi connectivity index (χ3v) is 4.66. The summed E-state index contributed by atoms with van der Waals surface area (Å²) in [6, 6.07) is 9.18. The standard InChI is InChI=1S/C14H10Br2Cl2N2/c1-8-13(15)2-9(3-14(8)16)7-19-20-12-5-10(17)4-11(18)6-12/h2-7,20H,1H3/b19-7-. The Bertz CT molecular complexity index is 629. The molecule has 2 rings (SSSR count). The zero-order valence-corrected chi connectivity index (χ0v) is 15.1. The van der Waals surface area contributed by atoms with Crippen molar-refractivity contribution in [2.75, 3.05) is 5.43 Å². The molecule has 0 atom stereocenters. The van der Waals surface area contributed by atoms with Crippen molar-refractivity contribution in [1.82, 2.24) is 0 Å². The highest BCUT2D eigenvalue weighted by Crippen LogP contribution is 2.26. The number of benzene rings is 2. The third-order valence-electron chi connectivity index (χ3n) is 2.57.